The second-order valence-corrected chi connectivity index (χ2v) is 7.53. The zero-order valence-electron chi connectivity index (χ0n) is 14.4. The van der Waals surface area contributed by atoms with E-state index in [4.69, 9.17) is 4.74 Å². The number of amides is 1. The molecule has 1 amide bonds. The van der Waals surface area contributed by atoms with Gasteiger partial charge in [0.2, 0.25) is 0 Å². The number of benzene rings is 1. The third-order valence-corrected chi connectivity index (χ3v) is 5.68. The molecule has 0 unspecified atom stereocenters. The van der Waals surface area contributed by atoms with E-state index in [1.807, 2.05) is 43.3 Å². The van der Waals surface area contributed by atoms with Gasteiger partial charge in [0.25, 0.3) is 5.91 Å². The highest BCUT2D eigenvalue weighted by Crippen LogP contribution is 2.29. The number of nitrogens with one attached hydrogen (secondary N) is 1. The molecule has 0 saturated carbocycles. The van der Waals surface area contributed by atoms with Gasteiger partial charge in [0.05, 0.1) is 6.04 Å². The monoisotopic (exact) mass is 357 g/mol. The lowest BCUT2D eigenvalue weighted by atomic mass is 10.1. The van der Waals surface area contributed by atoms with Crippen LogP contribution in [0.1, 0.15) is 57.9 Å². The highest BCUT2D eigenvalue weighted by Gasteiger charge is 2.18. The minimum Gasteiger partial charge on any atom is -0.451 e. The molecule has 1 atom stereocenters. The summed E-state index contributed by atoms with van der Waals surface area (Å²) in [7, 11) is 0. The number of carbonyl (C=O) groups is 2. The summed E-state index contributed by atoms with van der Waals surface area (Å²) < 4.78 is 5.20. The van der Waals surface area contributed by atoms with Crippen molar-refractivity contribution in [3.63, 3.8) is 0 Å². The van der Waals surface area contributed by atoms with Crippen LogP contribution in [0.5, 0.6) is 0 Å². The van der Waals surface area contributed by atoms with Gasteiger partial charge in [0.1, 0.15) is 4.88 Å². The molecule has 1 aliphatic carbocycles. The van der Waals surface area contributed by atoms with Crippen LogP contribution in [-0.4, -0.2) is 18.5 Å². The van der Waals surface area contributed by atoms with Crippen LogP contribution in [0.25, 0.3) is 0 Å². The highest BCUT2D eigenvalue weighted by molar-refractivity contribution is 7.14. The van der Waals surface area contributed by atoms with Crippen LogP contribution in [0.3, 0.4) is 0 Å². The Hall–Kier alpha value is -2.14. The summed E-state index contributed by atoms with van der Waals surface area (Å²) in [6, 6.07) is 11.5. The van der Waals surface area contributed by atoms with Gasteiger partial charge in [0.15, 0.2) is 6.61 Å². The van der Waals surface area contributed by atoms with E-state index in [0.29, 0.717) is 4.88 Å². The number of ether oxygens (including phenoxy) is 1. The van der Waals surface area contributed by atoms with E-state index >= 15 is 0 Å². The molecule has 1 aliphatic rings. The van der Waals surface area contributed by atoms with Crippen LogP contribution in [-0.2, 0) is 22.4 Å². The SMILES string of the molecule is C[C@@H](NC(=O)COC(=O)c1cc2c(s1)CCCCC2)c1ccccc1. The Morgan fingerprint density at radius 2 is 1.92 bits per heavy atom. The quantitative estimate of drug-likeness (QED) is 0.649. The number of carbonyl (C=O) groups excluding carboxylic acids is 2. The van der Waals surface area contributed by atoms with Crippen molar-refractivity contribution in [2.24, 2.45) is 0 Å². The summed E-state index contributed by atoms with van der Waals surface area (Å²) in [6.07, 6.45) is 5.69. The Morgan fingerprint density at radius 1 is 1.16 bits per heavy atom. The second-order valence-electron chi connectivity index (χ2n) is 6.40. The van der Waals surface area contributed by atoms with Crippen molar-refractivity contribution in [1.82, 2.24) is 5.32 Å². The number of hydrogen-bond donors (Lipinski definition) is 1. The van der Waals surface area contributed by atoms with Crippen LogP contribution < -0.4 is 5.32 Å². The minimum atomic E-state index is -0.402. The maximum Gasteiger partial charge on any atom is 0.348 e. The van der Waals surface area contributed by atoms with E-state index in [1.54, 1.807) is 0 Å². The van der Waals surface area contributed by atoms with Gasteiger partial charge in [-0.05, 0) is 49.8 Å². The van der Waals surface area contributed by atoms with Gasteiger partial charge in [-0.15, -0.1) is 11.3 Å². The third-order valence-electron chi connectivity index (χ3n) is 4.46. The van der Waals surface area contributed by atoms with Crippen molar-refractivity contribution in [3.05, 3.63) is 57.3 Å². The van der Waals surface area contributed by atoms with Gasteiger partial charge < -0.3 is 10.1 Å². The Kier molecular flexibility index (Phi) is 5.87. The molecule has 132 valence electrons. The topological polar surface area (TPSA) is 55.4 Å². The van der Waals surface area contributed by atoms with Gasteiger partial charge in [-0.2, -0.15) is 0 Å². The van der Waals surface area contributed by atoms with E-state index in [-0.39, 0.29) is 18.6 Å². The third kappa shape index (κ3) is 4.69. The molecular formula is C20H23NO3S. The van der Waals surface area contributed by atoms with Crippen LogP contribution in [0.2, 0.25) is 0 Å². The van der Waals surface area contributed by atoms with E-state index in [0.717, 1.165) is 18.4 Å². The fourth-order valence-corrected chi connectivity index (χ4v) is 4.23. The van der Waals surface area contributed by atoms with Gasteiger partial charge in [0, 0.05) is 4.88 Å². The summed E-state index contributed by atoms with van der Waals surface area (Å²) >= 11 is 1.51. The molecule has 4 nitrogen and oxygen atoms in total. The normalized spacial score (nSPS) is 14.9. The Bertz CT molecular complexity index is 715. The fourth-order valence-electron chi connectivity index (χ4n) is 3.08. The highest BCUT2D eigenvalue weighted by atomic mass is 32.1. The number of esters is 1. The van der Waals surface area contributed by atoms with Gasteiger partial charge >= 0.3 is 5.97 Å². The van der Waals surface area contributed by atoms with Crippen molar-refractivity contribution in [1.29, 1.82) is 0 Å². The molecule has 0 spiro atoms. The number of aryl methyl sites for hydroxylation is 2. The zero-order chi connectivity index (χ0) is 17.6. The lowest BCUT2D eigenvalue weighted by Crippen LogP contribution is -2.31. The molecule has 0 radical (unpaired) electrons. The lowest BCUT2D eigenvalue weighted by Gasteiger charge is -2.14. The van der Waals surface area contributed by atoms with Crippen LogP contribution in [0.4, 0.5) is 0 Å². The Morgan fingerprint density at radius 3 is 2.72 bits per heavy atom. The van der Waals surface area contributed by atoms with Crippen molar-refractivity contribution < 1.29 is 14.3 Å². The van der Waals surface area contributed by atoms with Gasteiger partial charge in [-0.25, -0.2) is 4.79 Å². The van der Waals surface area contributed by atoms with Crippen LogP contribution >= 0.6 is 11.3 Å². The maximum atomic E-state index is 12.2. The summed E-state index contributed by atoms with van der Waals surface area (Å²) in [6.45, 7) is 1.66. The first-order valence-electron chi connectivity index (χ1n) is 8.76. The summed E-state index contributed by atoms with van der Waals surface area (Å²) in [4.78, 5) is 26.1. The lowest BCUT2D eigenvalue weighted by molar-refractivity contribution is -0.124. The van der Waals surface area contributed by atoms with Crippen molar-refractivity contribution in [2.75, 3.05) is 6.61 Å². The molecule has 1 heterocycles. The first-order chi connectivity index (χ1) is 12.1. The van der Waals surface area contributed by atoms with Crippen LogP contribution in [0, 0.1) is 0 Å². The average Bonchev–Trinajstić information content (AvgIpc) is 2.91. The summed E-state index contributed by atoms with van der Waals surface area (Å²) in [5, 5.41) is 2.85. The van der Waals surface area contributed by atoms with E-state index < -0.39 is 5.97 Å². The smallest absolute Gasteiger partial charge is 0.348 e. The molecule has 25 heavy (non-hydrogen) atoms. The number of hydrogen-bond acceptors (Lipinski definition) is 4. The fraction of sp³-hybridized carbons (Fsp3) is 0.400. The molecule has 0 fully saturated rings. The molecule has 1 N–H and O–H groups in total. The number of thiophene rings is 1. The molecule has 0 saturated heterocycles. The average molecular weight is 357 g/mol. The van der Waals surface area contributed by atoms with E-state index in [2.05, 4.69) is 5.32 Å². The van der Waals surface area contributed by atoms with E-state index in [9.17, 15) is 9.59 Å². The summed E-state index contributed by atoms with van der Waals surface area (Å²) in [5.41, 5.74) is 2.29. The largest absolute Gasteiger partial charge is 0.451 e. The van der Waals surface area contributed by atoms with Crippen molar-refractivity contribution in [2.45, 2.75) is 45.1 Å². The molecule has 3 rings (SSSR count). The molecule has 0 bridgehead atoms. The summed E-state index contributed by atoms with van der Waals surface area (Å²) in [5.74, 6) is -0.691. The van der Waals surface area contributed by atoms with Crippen molar-refractivity contribution >= 4 is 23.2 Å². The molecule has 1 aromatic carbocycles. The standard InChI is InChI=1S/C20H23NO3S/c1-14(15-8-4-2-5-9-15)21-19(22)13-24-20(23)18-12-16-10-6-3-7-11-17(16)25-18/h2,4-5,8-9,12,14H,3,6-7,10-11,13H2,1H3,(H,21,22)/t14-/m1/s1. The first-order valence-corrected chi connectivity index (χ1v) is 9.58. The molecular weight excluding hydrogens is 334 g/mol. The molecule has 2 aromatic rings. The number of rotatable bonds is 5. The van der Waals surface area contributed by atoms with Crippen LogP contribution in [0.15, 0.2) is 36.4 Å². The van der Waals surface area contributed by atoms with Crippen molar-refractivity contribution in [3.8, 4) is 0 Å². The molecule has 5 heteroatoms. The maximum absolute atomic E-state index is 12.2. The second kappa shape index (κ2) is 8.30. The predicted octanol–water partition coefficient (Wildman–Crippen LogP) is 4.05. The zero-order valence-corrected chi connectivity index (χ0v) is 15.2. The number of fused-ring (bicyclic) bond motifs is 1. The molecule has 1 aromatic heterocycles. The van der Waals surface area contributed by atoms with Gasteiger partial charge in [-0.3, -0.25) is 4.79 Å². The molecule has 0 aliphatic heterocycles. The Labute approximate surface area is 152 Å². The Balaban J connectivity index is 1.51. The minimum absolute atomic E-state index is 0.120. The predicted molar refractivity (Wildman–Crippen MR) is 98.9 cm³/mol. The first kappa shape index (κ1) is 17.7. The van der Waals surface area contributed by atoms with E-state index in [1.165, 1.54) is 41.0 Å². The van der Waals surface area contributed by atoms with Gasteiger partial charge in [-0.1, -0.05) is 36.8 Å².